The van der Waals surface area contributed by atoms with Crippen LogP contribution in [0.2, 0.25) is 12.1 Å². The number of unbranched alkanes of at least 4 members (excludes halogenated alkanes) is 8. The summed E-state index contributed by atoms with van der Waals surface area (Å²) in [5, 5.41) is 0. The first kappa shape index (κ1) is 19.3. The van der Waals surface area contributed by atoms with Crippen molar-refractivity contribution in [1.29, 1.82) is 0 Å². The summed E-state index contributed by atoms with van der Waals surface area (Å²) in [6.45, 7) is 5.53. The molecule has 0 spiro atoms. The van der Waals surface area contributed by atoms with E-state index < -0.39 is 6.69 Å². The first-order valence-corrected chi connectivity index (χ1v) is 12.2. The molecule has 0 aromatic carbocycles. The standard InChI is InChI=1S/C16H30Cl2Si/c1-3-5-7-9-10-11-12-14-16-19(17,18)15-13-8-6-4-2/h3-4H,1-2,5-16H2. The van der Waals surface area contributed by atoms with E-state index in [9.17, 15) is 0 Å². The molecule has 0 amide bonds. The summed E-state index contributed by atoms with van der Waals surface area (Å²) in [6, 6.07) is 2.11. The van der Waals surface area contributed by atoms with Gasteiger partial charge < -0.3 is 0 Å². The van der Waals surface area contributed by atoms with Crippen LogP contribution in [0.3, 0.4) is 0 Å². The third-order valence-electron chi connectivity index (χ3n) is 3.40. The molecule has 0 unspecified atom stereocenters. The highest BCUT2D eigenvalue weighted by Crippen LogP contribution is 2.30. The molecular weight excluding hydrogens is 291 g/mol. The van der Waals surface area contributed by atoms with Gasteiger partial charge in [0.25, 0.3) is 6.69 Å². The molecule has 0 aliphatic heterocycles. The minimum Gasteiger partial charge on any atom is -0.146 e. The largest absolute Gasteiger partial charge is 0.251 e. The fourth-order valence-corrected chi connectivity index (χ4v) is 5.56. The van der Waals surface area contributed by atoms with E-state index in [4.69, 9.17) is 22.2 Å². The minimum absolute atomic E-state index is 1.04. The number of hydrogen-bond donors (Lipinski definition) is 0. The molecule has 0 aromatic heterocycles. The van der Waals surface area contributed by atoms with E-state index in [0.717, 1.165) is 31.4 Å². The van der Waals surface area contributed by atoms with Gasteiger partial charge in [0.15, 0.2) is 0 Å². The average molecular weight is 321 g/mol. The lowest BCUT2D eigenvalue weighted by atomic mass is 10.1. The highest BCUT2D eigenvalue weighted by Gasteiger charge is 2.26. The van der Waals surface area contributed by atoms with E-state index in [-0.39, 0.29) is 0 Å². The predicted molar refractivity (Wildman–Crippen MR) is 93.6 cm³/mol. The van der Waals surface area contributed by atoms with Crippen molar-refractivity contribution in [2.24, 2.45) is 0 Å². The van der Waals surface area contributed by atoms with Crippen LogP contribution in [0.15, 0.2) is 25.3 Å². The molecule has 0 fully saturated rings. The molecule has 0 heterocycles. The summed E-state index contributed by atoms with van der Waals surface area (Å²) in [5.41, 5.74) is 0. The maximum atomic E-state index is 6.46. The van der Waals surface area contributed by atoms with Gasteiger partial charge in [-0.3, -0.25) is 0 Å². The van der Waals surface area contributed by atoms with Crippen LogP contribution < -0.4 is 0 Å². The van der Waals surface area contributed by atoms with Gasteiger partial charge in [-0.2, -0.15) is 0 Å². The van der Waals surface area contributed by atoms with Gasteiger partial charge in [-0.25, -0.2) is 0 Å². The fourth-order valence-electron chi connectivity index (χ4n) is 2.18. The van der Waals surface area contributed by atoms with Crippen molar-refractivity contribution in [1.82, 2.24) is 0 Å². The second-order valence-corrected chi connectivity index (χ2v) is 13.0. The van der Waals surface area contributed by atoms with Crippen molar-refractivity contribution < 1.29 is 0 Å². The zero-order chi connectivity index (χ0) is 14.4. The van der Waals surface area contributed by atoms with Gasteiger partial charge in [0.05, 0.1) is 0 Å². The van der Waals surface area contributed by atoms with Crippen molar-refractivity contribution in [2.75, 3.05) is 0 Å². The van der Waals surface area contributed by atoms with Crippen molar-refractivity contribution in [3.63, 3.8) is 0 Å². The van der Waals surface area contributed by atoms with Crippen molar-refractivity contribution in [3.05, 3.63) is 25.3 Å². The van der Waals surface area contributed by atoms with E-state index in [0.29, 0.717) is 0 Å². The Morgan fingerprint density at radius 1 is 0.632 bits per heavy atom. The molecule has 0 atom stereocenters. The Bertz CT molecular complexity index is 227. The molecule has 3 heteroatoms. The maximum Gasteiger partial charge on any atom is 0.251 e. The van der Waals surface area contributed by atoms with Crippen LogP contribution >= 0.6 is 22.2 Å². The summed E-state index contributed by atoms with van der Waals surface area (Å²) in [6.07, 6.45) is 16.3. The Morgan fingerprint density at radius 2 is 1.00 bits per heavy atom. The van der Waals surface area contributed by atoms with Gasteiger partial charge in [-0.15, -0.1) is 35.3 Å². The van der Waals surface area contributed by atoms with Gasteiger partial charge in [0, 0.05) is 0 Å². The molecule has 0 saturated carbocycles. The lowest BCUT2D eigenvalue weighted by Gasteiger charge is -2.16. The van der Waals surface area contributed by atoms with Crippen LogP contribution in [-0.4, -0.2) is 6.69 Å². The van der Waals surface area contributed by atoms with Crippen LogP contribution in [0, 0.1) is 0 Å². The topological polar surface area (TPSA) is 0 Å². The van der Waals surface area contributed by atoms with Crippen LogP contribution in [0.5, 0.6) is 0 Å². The van der Waals surface area contributed by atoms with Gasteiger partial charge in [-0.05, 0) is 31.4 Å². The fraction of sp³-hybridized carbons (Fsp3) is 0.750. The molecule has 19 heavy (non-hydrogen) atoms. The first-order valence-electron chi connectivity index (χ1n) is 7.72. The van der Waals surface area contributed by atoms with E-state index in [2.05, 4.69) is 13.2 Å². The summed E-state index contributed by atoms with van der Waals surface area (Å²) in [7, 11) is 0. The Kier molecular flexibility index (Phi) is 13.5. The Labute approximate surface area is 130 Å². The van der Waals surface area contributed by atoms with Crippen molar-refractivity contribution >= 4 is 28.9 Å². The molecule has 0 bridgehead atoms. The van der Waals surface area contributed by atoms with Crippen LogP contribution in [0.25, 0.3) is 0 Å². The quantitative estimate of drug-likeness (QED) is 0.138. The third-order valence-corrected chi connectivity index (χ3v) is 7.84. The van der Waals surface area contributed by atoms with Crippen LogP contribution in [0.1, 0.15) is 64.2 Å². The Balaban J connectivity index is 3.36. The number of halogens is 2. The van der Waals surface area contributed by atoms with Crippen LogP contribution in [0.4, 0.5) is 0 Å². The third kappa shape index (κ3) is 14.5. The van der Waals surface area contributed by atoms with E-state index in [1.165, 1.54) is 44.9 Å². The average Bonchev–Trinajstić information content (AvgIpc) is 2.38. The highest BCUT2D eigenvalue weighted by molar-refractivity contribution is 7.45. The Hall–Kier alpha value is 0.277. The normalized spacial score (nSPS) is 11.5. The number of hydrogen-bond acceptors (Lipinski definition) is 0. The Morgan fingerprint density at radius 3 is 1.53 bits per heavy atom. The molecule has 0 aliphatic carbocycles. The SMILES string of the molecule is C=CCCCCCCCC[Si](Cl)(Cl)CCCCC=C. The molecule has 0 radical (unpaired) electrons. The lowest BCUT2D eigenvalue weighted by Crippen LogP contribution is -2.18. The molecule has 0 aliphatic rings. The predicted octanol–water partition coefficient (Wildman–Crippen LogP) is 7.18. The molecule has 0 N–H and O–H groups in total. The summed E-state index contributed by atoms with van der Waals surface area (Å²) in [5.74, 6) is 0. The summed E-state index contributed by atoms with van der Waals surface area (Å²) >= 11 is 12.9. The second-order valence-electron chi connectivity index (χ2n) is 5.34. The van der Waals surface area contributed by atoms with Crippen LogP contribution in [-0.2, 0) is 0 Å². The minimum atomic E-state index is -1.94. The van der Waals surface area contributed by atoms with E-state index >= 15 is 0 Å². The monoisotopic (exact) mass is 320 g/mol. The number of allylic oxidation sites excluding steroid dienone is 2. The second kappa shape index (κ2) is 13.3. The summed E-state index contributed by atoms with van der Waals surface area (Å²) in [4.78, 5) is 0. The number of rotatable bonds is 14. The molecule has 112 valence electrons. The summed E-state index contributed by atoms with van der Waals surface area (Å²) < 4.78 is 0. The molecular formula is C16H30Cl2Si. The van der Waals surface area contributed by atoms with E-state index in [1.54, 1.807) is 0 Å². The van der Waals surface area contributed by atoms with Gasteiger partial charge in [-0.1, -0.05) is 57.1 Å². The molecule has 0 aromatic rings. The molecule has 0 nitrogen and oxygen atoms in total. The smallest absolute Gasteiger partial charge is 0.146 e. The first-order chi connectivity index (χ1) is 9.12. The van der Waals surface area contributed by atoms with E-state index in [1.807, 2.05) is 12.2 Å². The van der Waals surface area contributed by atoms with Gasteiger partial charge >= 0.3 is 0 Å². The maximum absolute atomic E-state index is 6.46. The molecule has 0 saturated heterocycles. The van der Waals surface area contributed by atoms with Crippen molar-refractivity contribution in [3.8, 4) is 0 Å². The zero-order valence-electron chi connectivity index (χ0n) is 12.3. The highest BCUT2D eigenvalue weighted by atomic mass is 35.7. The lowest BCUT2D eigenvalue weighted by molar-refractivity contribution is 0.610. The van der Waals surface area contributed by atoms with Gasteiger partial charge in [0.2, 0.25) is 0 Å². The zero-order valence-corrected chi connectivity index (χ0v) is 14.8. The van der Waals surface area contributed by atoms with Gasteiger partial charge in [0.1, 0.15) is 0 Å². The molecule has 0 rings (SSSR count). The van der Waals surface area contributed by atoms with Crippen molar-refractivity contribution in [2.45, 2.75) is 76.3 Å².